The number of aromatic nitrogens is 1. The Balaban J connectivity index is 2.16. The molecule has 2 nitrogen and oxygen atoms in total. The van der Waals surface area contributed by atoms with Crippen LogP contribution in [0.3, 0.4) is 0 Å². The molecule has 0 bridgehead atoms. The maximum Gasteiger partial charge on any atom is 0.0723 e. The SMILES string of the molecule is CCn1cccc1CNc1c(Cl)cc(Cl)cc1Cl. The van der Waals surface area contributed by atoms with Crippen LogP contribution in [0.4, 0.5) is 5.69 Å². The zero-order valence-electron chi connectivity index (χ0n) is 9.88. The fourth-order valence-corrected chi connectivity index (χ4v) is 2.76. The van der Waals surface area contributed by atoms with Gasteiger partial charge in [-0.1, -0.05) is 34.8 Å². The van der Waals surface area contributed by atoms with Crippen LogP contribution < -0.4 is 5.32 Å². The molecule has 0 saturated carbocycles. The second kappa shape index (κ2) is 5.87. The van der Waals surface area contributed by atoms with Gasteiger partial charge in [0.15, 0.2) is 0 Å². The topological polar surface area (TPSA) is 17.0 Å². The number of halogens is 3. The zero-order chi connectivity index (χ0) is 13.1. The normalized spacial score (nSPS) is 10.7. The van der Waals surface area contributed by atoms with Crippen molar-refractivity contribution in [3.8, 4) is 0 Å². The van der Waals surface area contributed by atoms with Crippen LogP contribution in [0.2, 0.25) is 15.1 Å². The van der Waals surface area contributed by atoms with Crippen molar-refractivity contribution < 1.29 is 0 Å². The minimum Gasteiger partial charge on any atom is -0.377 e. The fourth-order valence-electron chi connectivity index (χ4n) is 1.81. The highest BCUT2D eigenvalue weighted by atomic mass is 35.5. The molecule has 2 rings (SSSR count). The molecule has 18 heavy (non-hydrogen) atoms. The summed E-state index contributed by atoms with van der Waals surface area (Å²) in [7, 11) is 0. The van der Waals surface area contributed by atoms with E-state index in [1.54, 1.807) is 12.1 Å². The third-order valence-corrected chi connectivity index (χ3v) is 3.53. The number of benzene rings is 1. The highest BCUT2D eigenvalue weighted by molar-refractivity contribution is 6.41. The van der Waals surface area contributed by atoms with Gasteiger partial charge in [0.25, 0.3) is 0 Å². The summed E-state index contributed by atoms with van der Waals surface area (Å²) < 4.78 is 2.16. The minimum absolute atomic E-state index is 0.530. The molecule has 5 heteroatoms. The van der Waals surface area contributed by atoms with Crippen LogP contribution in [-0.2, 0) is 13.1 Å². The first-order valence-corrected chi connectivity index (χ1v) is 6.77. The molecule has 0 spiro atoms. The Morgan fingerprint density at radius 2 is 1.83 bits per heavy atom. The average Bonchev–Trinajstić information content (AvgIpc) is 2.75. The molecular formula is C13H13Cl3N2. The Labute approximate surface area is 121 Å². The predicted octanol–water partition coefficient (Wildman–Crippen LogP) is 5.08. The van der Waals surface area contributed by atoms with Crippen molar-refractivity contribution in [1.29, 1.82) is 0 Å². The fraction of sp³-hybridized carbons (Fsp3) is 0.231. The lowest BCUT2D eigenvalue weighted by Gasteiger charge is -2.12. The summed E-state index contributed by atoms with van der Waals surface area (Å²) in [5.41, 5.74) is 1.89. The molecule has 0 unspecified atom stereocenters. The van der Waals surface area contributed by atoms with Gasteiger partial charge in [-0.15, -0.1) is 0 Å². The quantitative estimate of drug-likeness (QED) is 0.833. The van der Waals surface area contributed by atoms with Gasteiger partial charge in [-0.05, 0) is 31.2 Å². The van der Waals surface area contributed by atoms with Crippen LogP contribution in [-0.4, -0.2) is 4.57 Å². The van der Waals surface area contributed by atoms with E-state index in [9.17, 15) is 0 Å². The summed E-state index contributed by atoms with van der Waals surface area (Å²) in [5, 5.41) is 4.84. The molecule has 0 amide bonds. The van der Waals surface area contributed by atoms with Crippen molar-refractivity contribution in [3.05, 3.63) is 51.2 Å². The van der Waals surface area contributed by atoms with Crippen molar-refractivity contribution in [2.75, 3.05) is 5.32 Å². The Morgan fingerprint density at radius 1 is 1.17 bits per heavy atom. The number of hydrogen-bond acceptors (Lipinski definition) is 1. The summed E-state index contributed by atoms with van der Waals surface area (Å²) in [6, 6.07) is 7.44. The molecule has 0 atom stereocenters. The van der Waals surface area contributed by atoms with E-state index in [-0.39, 0.29) is 0 Å². The third-order valence-electron chi connectivity index (χ3n) is 2.72. The molecule has 0 aliphatic carbocycles. The molecule has 0 aliphatic heterocycles. The van der Waals surface area contributed by atoms with E-state index >= 15 is 0 Å². The maximum atomic E-state index is 6.11. The zero-order valence-corrected chi connectivity index (χ0v) is 12.1. The van der Waals surface area contributed by atoms with E-state index in [1.165, 1.54) is 5.69 Å². The number of anilines is 1. The first kappa shape index (κ1) is 13.6. The van der Waals surface area contributed by atoms with Gasteiger partial charge < -0.3 is 9.88 Å². The summed E-state index contributed by atoms with van der Waals surface area (Å²) in [5.74, 6) is 0. The molecule has 1 N–H and O–H groups in total. The van der Waals surface area contributed by atoms with Crippen molar-refractivity contribution in [2.45, 2.75) is 20.0 Å². The van der Waals surface area contributed by atoms with E-state index in [1.807, 2.05) is 12.3 Å². The molecule has 1 aromatic heterocycles. The average molecular weight is 304 g/mol. The van der Waals surface area contributed by atoms with Gasteiger partial charge in [0.05, 0.1) is 22.3 Å². The summed E-state index contributed by atoms with van der Waals surface area (Å²) in [6.45, 7) is 3.71. The number of hydrogen-bond donors (Lipinski definition) is 1. The second-order valence-corrected chi connectivity index (χ2v) is 5.13. The largest absolute Gasteiger partial charge is 0.377 e. The lowest BCUT2D eigenvalue weighted by molar-refractivity contribution is 0.724. The molecular weight excluding hydrogens is 291 g/mol. The molecule has 96 valence electrons. The van der Waals surface area contributed by atoms with Crippen molar-refractivity contribution in [3.63, 3.8) is 0 Å². The van der Waals surface area contributed by atoms with E-state index in [0.29, 0.717) is 27.3 Å². The van der Waals surface area contributed by atoms with Gasteiger partial charge >= 0.3 is 0 Å². The van der Waals surface area contributed by atoms with E-state index < -0.39 is 0 Å². The number of nitrogens with one attached hydrogen (secondary N) is 1. The van der Waals surface area contributed by atoms with Crippen LogP contribution in [0.15, 0.2) is 30.5 Å². The monoisotopic (exact) mass is 302 g/mol. The van der Waals surface area contributed by atoms with Crippen LogP contribution in [0.1, 0.15) is 12.6 Å². The van der Waals surface area contributed by atoms with Crippen LogP contribution >= 0.6 is 34.8 Å². The van der Waals surface area contributed by atoms with Gasteiger partial charge in [0.2, 0.25) is 0 Å². The van der Waals surface area contributed by atoms with Crippen LogP contribution in [0.5, 0.6) is 0 Å². The third kappa shape index (κ3) is 2.94. The summed E-state index contributed by atoms with van der Waals surface area (Å²) in [6.07, 6.45) is 2.04. The smallest absolute Gasteiger partial charge is 0.0723 e. The van der Waals surface area contributed by atoms with E-state index in [0.717, 1.165) is 6.54 Å². The first-order chi connectivity index (χ1) is 8.61. The van der Waals surface area contributed by atoms with E-state index in [2.05, 4.69) is 22.9 Å². The van der Waals surface area contributed by atoms with Gasteiger partial charge in [0, 0.05) is 23.5 Å². The lowest BCUT2D eigenvalue weighted by Crippen LogP contribution is -2.06. The number of aryl methyl sites for hydroxylation is 1. The Hall–Kier alpha value is -0.830. The van der Waals surface area contributed by atoms with Crippen molar-refractivity contribution >= 4 is 40.5 Å². The summed E-state index contributed by atoms with van der Waals surface area (Å²) >= 11 is 18.1. The molecule has 0 fully saturated rings. The van der Waals surface area contributed by atoms with E-state index in [4.69, 9.17) is 34.8 Å². The van der Waals surface area contributed by atoms with Crippen LogP contribution in [0, 0.1) is 0 Å². The second-order valence-electron chi connectivity index (χ2n) is 3.88. The predicted molar refractivity (Wildman–Crippen MR) is 78.9 cm³/mol. The number of rotatable bonds is 4. The van der Waals surface area contributed by atoms with Gasteiger partial charge in [0.1, 0.15) is 0 Å². The highest BCUT2D eigenvalue weighted by Crippen LogP contribution is 2.33. The van der Waals surface area contributed by atoms with Crippen molar-refractivity contribution in [1.82, 2.24) is 4.57 Å². The summed E-state index contributed by atoms with van der Waals surface area (Å²) in [4.78, 5) is 0. The maximum absolute atomic E-state index is 6.11. The first-order valence-electron chi connectivity index (χ1n) is 5.64. The molecule has 0 aliphatic rings. The minimum atomic E-state index is 0.530. The van der Waals surface area contributed by atoms with Crippen LogP contribution in [0.25, 0.3) is 0 Å². The molecule has 1 heterocycles. The Kier molecular flexibility index (Phi) is 4.44. The molecule has 1 aromatic carbocycles. The molecule has 0 radical (unpaired) electrons. The van der Waals surface area contributed by atoms with Crippen molar-refractivity contribution in [2.24, 2.45) is 0 Å². The van der Waals surface area contributed by atoms with Gasteiger partial charge in [-0.25, -0.2) is 0 Å². The Bertz CT molecular complexity index is 526. The van der Waals surface area contributed by atoms with Gasteiger partial charge in [-0.3, -0.25) is 0 Å². The lowest BCUT2D eigenvalue weighted by atomic mass is 10.3. The molecule has 0 saturated heterocycles. The number of nitrogens with zero attached hydrogens (tertiary/aromatic N) is 1. The molecule has 2 aromatic rings. The standard InChI is InChI=1S/C13H13Cl3N2/c1-2-18-5-3-4-10(18)8-17-13-11(15)6-9(14)7-12(13)16/h3-7,17H,2,8H2,1H3. The Morgan fingerprint density at radius 3 is 2.44 bits per heavy atom. The highest BCUT2D eigenvalue weighted by Gasteiger charge is 2.08. The van der Waals surface area contributed by atoms with Gasteiger partial charge in [-0.2, -0.15) is 0 Å².